The third kappa shape index (κ3) is 2.59. The van der Waals surface area contributed by atoms with Gasteiger partial charge in [-0.25, -0.2) is 0 Å². The molecule has 1 rings (SSSR count). The van der Waals surface area contributed by atoms with Crippen LogP contribution in [0.1, 0.15) is 26.3 Å². The minimum atomic E-state index is 0.158. The number of nitrogens with zero attached hydrogens (tertiary/aromatic N) is 1. The van der Waals surface area contributed by atoms with Crippen LogP contribution in [0.25, 0.3) is 0 Å². The Morgan fingerprint density at radius 3 is 2.69 bits per heavy atom. The van der Waals surface area contributed by atoms with E-state index in [1.165, 1.54) is 0 Å². The molecule has 0 N–H and O–H groups in total. The van der Waals surface area contributed by atoms with Crippen molar-refractivity contribution in [3.05, 3.63) is 23.0 Å². The summed E-state index contributed by atoms with van der Waals surface area (Å²) in [6.45, 7) is 6.02. The van der Waals surface area contributed by atoms with Gasteiger partial charge in [-0.05, 0) is 20.3 Å². The fourth-order valence-corrected chi connectivity index (χ4v) is 1.43. The first-order chi connectivity index (χ1) is 6.15. The Morgan fingerprint density at radius 1 is 1.46 bits per heavy atom. The standard InChI is InChI=1S/C10H14ClNO/c1-4-8-9(11)5-12-6-10(8)13-7(2)3/h5-7H,4H2,1-3H3. The van der Waals surface area contributed by atoms with Crippen molar-refractivity contribution < 1.29 is 4.74 Å². The highest BCUT2D eigenvalue weighted by molar-refractivity contribution is 6.31. The van der Waals surface area contributed by atoms with Gasteiger partial charge in [0.2, 0.25) is 0 Å². The zero-order valence-corrected chi connectivity index (χ0v) is 8.93. The first-order valence-electron chi connectivity index (χ1n) is 4.44. The highest BCUT2D eigenvalue weighted by Crippen LogP contribution is 2.25. The number of hydrogen-bond acceptors (Lipinski definition) is 2. The summed E-state index contributed by atoms with van der Waals surface area (Å²) in [4.78, 5) is 3.99. The van der Waals surface area contributed by atoms with E-state index >= 15 is 0 Å². The summed E-state index contributed by atoms with van der Waals surface area (Å²) in [6.07, 6.45) is 4.38. The van der Waals surface area contributed by atoms with Crippen molar-refractivity contribution in [1.82, 2.24) is 4.98 Å². The summed E-state index contributed by atoms with van der Waals surface area (Å²) in [5, 5.41) is 0.681. The van der Waals surface area contributed by atoms with E-state index in [1.54, 1.807) is 12.4 Å². The highest BCUT2D eigenvalue weighted by atomic mass is 35.5. The van der Waals surface area contributed by atoms with Crippen molar-refractivity contribution >= 4 is 11.6 Å². The molecular weight excluding hydrogens is 186 g/mol. The van der Waals surface area contributed by atoms with E-state index in [9.17, 15) is 0 Å². The lowest BCUT2D eigenvalue weighted by Gasteiger charge is -2.13. The Labute approximate surface area is 83.9 Å². The van der Waals surface area contributed by atoms with E-state index in [1.807, 2.05) is 13.8 Å². The average molecular weight is 200 g/mol. The van der Waals surface area contributed by atoms with Crippen LogP contribution in [0.5, 0.6) is 5.75 Å². The third-order valence-corrected chi connectivity index (χ3v) is 2.01. The smallest absolute Gasteiger partial charge is 0.142 e. The first kappa shape index (κ1) is 10.3. The number of rotatable bonds is 3. The van der Waals surface area contributed by atoms with Gasteiger partial charge < -0.3 is 4.74 Å². The van der Waals surface area contributed by atoms with Crippen molar-refractivity contribution in [2.45, 2.75) is 33.3 Å². The molecule has 0 saturated carbocycles. The predicted octanol–water partition coefficient (Wildman–Crippen LogP) is 3.08. The Kier molecular flexibility index (Phi) is 3.55. The fourth-order valence-electron chi connectivity index (χ4n) is 1.14. The maximum Gasteiger partial charge on any atom is 0.142 e. The van der Waals surface area contributed by atoms with Gasteiger partial charge in [-0.1, -0.05) is 18.5 Å². The number of pyridine rings is 1. The molecule has 0 unspecified atom stereocenters. The van der Waals surface area contributed by atoms with Crippen LogP contribution in [0.15, 0.2) is 12.4 Å². The van der Waals surface area contributed by atoms with Crippen LogP contribution < -0.4 is 4.74 Å². The van der Waals surface area contributed by atoms with Gasteiger partial charge in [-0.3, -0.25) is 4.98 Å². The summed E-state index contributed by atoms with van der Waals surface area (Å²) >= 11 is 5.97. The number of aromatic nitrogens is 1. The molecule has 0 aromatic carbocycles. The van der Waals surface area contributed by atoms with Gasteiger partial charge >= 0.3 is 0 Å². The molecule has 0 saturated heterocycles. The van der Waals surface area contributed by atoms with Crippen molar-refractivity contribution in [1.29, 1.82) is 0 Å². The van der Waals surface area contributed by atoms with Crippen LogP contribution in [-0.2, 0) is 6.42 Å². The zero-order chi connectivity index (χ0) is 9.84. The van der Waals surface area contributed by atoms with Gasteiger partial charge in [0.05, 0.1) is 17.3 Å². The van der Waals surface area contributed by atoms with Crippen molar-refractivity contribution in [2.24, 2.45) is 0 Å². The molecule has 0 aliphatic rings. The van der Waals surface area contributed by atoms with Gasteiger partial charge in [0.1, 0.15) is 5.75 Å². The van der Waals surface area contributed by atoms with Gasteiger partial charge in [-0.15, -0.1) is 0 Å². The summed E-state index contributed by atoms with van der Waals surface area (Å²) in [6, 6.07) is 0. The van der Waals surface area contributed by atoms with E-state index in [4.69, 9.17) is 16.3 Å². The van der Waals surface area contributed by atoms with E-state index in [-0.39, 0.29) is 6.10 Å². The Bertz CT molecular complexity index is 286. The van der Waals surface area contributed by atoms with Crippen LogP contribution in [0.2, 0.25) is 5.02 Å². The summed E-state index contributed by atoms with van der Waals surface area (Å²) in [5.41, 5.74) is 1.03. The Balaban J connectivity index is 2.98. The first-order valence-corrected chi connectivity index (χ1v) is 4.82. The fraction of sp³-hybridized carbons (Fsp3) is 0.500. The Hall–Kier alpha value is -0.760. The summed E-state index contributed by atoms with van der Waals surface area (Å²) in [5.74, 6) is 0.796. The third-order valence-electron chi connectivity index (χ3n) is 1.68. The Morgan fingerprint density at radius 2 is 2.15 bits per heavy atom. The van der Waals surface area contributed by atoms with E-state index < -0.39 is 0 Å². The molecule has 0 bridgehead atoms. The van der Waals surface area contributed by atoms with E-state index in [0.29, 0.717) is 5.02 Å². The number of ether oxygens (including phenoxy) is 1. The topological polar surface area (TPSA) is 22.1 Å². The van der Waals surface area contributed by atoms with Crippen LogP contribution >= 0.6 is 11.6 Å². The normalized spacial score (nSPS) is 10.5. The number of hydrogen-bond donors (Lipinski definition) is 0. The maximum absolute atomic E-state index is 5.97. The summed E-state index contributed by atoms with van der Waals surface area (Å²) < 4.78 is 5.57. The molecule has 72 valence electrons. The second-order valence-corrected chi connectivity index (χ2v) is 3.53. The molecule has 1 aromatic heterocycles. The largest absolute Gasteiger partial charge is 0.489 e. The number of halogens is 1. The van der Waals surface area contributed by atoms with Crippen LogP contribution in [0, 0.1) is 0 Å². The predicted molar refractivity (Wildman–Crippen MR) is 54.4 cm³/mol. The molecule has 2 nitrogen and oxygen atoms in total. The lowest BCUT2D eigenvalue weighted by molar-refractivity contribution is 0.239. The van der Waals surface area contributed by atoms with Crippen LogP contribution in [-0.4, -0.2) is 11.1 Å². The van der Waals surface area contributed by atoms with Gasteiger partial charge in [0.25, 0.3) is 0 Å². The zero-order valence-electron chi connectivity index (χ0n) is 8.17. The second kappa shape index (κ2) is 4.47. The SMILES string of the molecule is CCc1c(Cl)cncc1OC(C)C. The lowest BCUT2D eigenvalue weighted by Crippen LogP contribution is -2.07. The molecule has 1 aromatic rings. The van der Waals surface area contributed by atoms with Gasteiger partial charge in [-0.2, -0.15) is 0 Å². The minimum absolute atomic E-state index is 0.158. The van der Waals surface area contributed by atoms with Crippen molar-refractivity contribution in [3.8, 4) is 5.75 Å². The monoisotopic (exact) mass is 199 g/mol. The molecule has 13 heavy (non-hydrogen) atoms. The van der Waals surface area contributed by atoms with E-state index in [0.717, 1.165) is 17.7 Å². The van der Waals surface area contributed by atoms with Crippen LogP contribution in [0.3, 0.4) is 0 Å². The molecule has 3 heteroatoms. The lowest BCUT2D eigenvalue weighted by atomic mass is 10.2. The molecule has 0 fully saturated rings. The molecule has 0 aliphatic carbocycles. The van der Waals surface area contributed by atoms with Crippen LogP contribution in [0.4, 0.5) is 0 Å². The van der Waals surface area contributed by atoms with E-state index in [2.05, 4.69) is 11.9 Å². The molecule has 0 aliphatic heterocycles. The molecule has 0 amide bonds. The summed E-state index contributed by atoms with van der Waals surface area (Å²) in [7, 11) is 0. The molecule has 0 spiro atoms. The average Bonchev–Trinajstić information content (AvgIpc) is 2.03. The molecule has 0 radical (unpaired) electrons. The second-order valence-electron chi connectivity index (χ2n) is 3.12. The maximum atomic E-state index is 5.97. The highest BCUT2D eigenvalue weighted by Gasteiger charge is 2.07. The minimum Gasteiger partial charge on any atom is -0.489 e. The quantitative estimate of drug-likeness (QED) is 0.747. The van der Waals surface area contributed by atoms with Crippen molar-refractivity contribution in [2.75, 3.05) is 0 Å². The molecule has 1 heterocycles. The molecular formula is C10H14ClNO. The van der Waals surface area contributed by atoms with Crippen molar-refractivity contribution in [3.63, 3.8) is 0 Å². The van der Waals surface area contributed by atoms with Gasteiger partial charge in [0, 0.05) is 11.8 Å². The molecule has 0 atom stereocenters. The van der Waals surface area contributed by atoms with Gasteiger partial charge in [0.15, 0.2) is 0 Å².